The van der Waals surface area contributed by atoms with Crippen molar-refractivity contribution in [2.75, 3.05) is 25.5 Å². The maximum absolute atomic E-state index is 12.2. The Morgan fingerprint density at radius 3 is 2.67 bits per heavy atom. The van der Waals surface area contributed by atoms with Gasteiger partial charge in [-0.1, -0.05) is 6.42 Å². The number of nitrogens with zero attached hydrogens (tertiary/aromatic N) is 2. The van der Waals surface area contributed by atoms with Crippen LogP contribution in [-0.2, 0) is 10.0 Å². The minimum atomic E-state index is -3.55. The molecular formula is C11H18N4O2S. The van der Waals surface area contributed by atoms with Gasteiger partial charge in [0.05, 0.1) is 0 Å². The minimum Gasteiger partial charge on any atom is -0.372 e. The van der Waals surface area contributed by atoms with E-state index in [0.717, 1.165) is 32.4 Å². The first-order chi connectivity index (χ1) is 8.63. The second-order valence-electron chi connectivity index (χ2n) is 4.24. The molecule has 0 radical (unpaired) electrons. The molecule has 2 rings (SSSR count). The summed E-state index contributed by atoms with van der Waals surface area (Å²) >= 11 is 0. The van der Waals surface area contributed by atoms with Gasteiger partial charge in [-0.25, -0.2) is 18.4 Å². The second kappa shape index (κ2) is 5.64. The van der Waals surface area contributed by atoms with Gasteiger partial charge in [0.1, 0.15) is 10.7 Å². The fourth-order valence-electron chi connectivity index (χ4n) is 2.00. The zero-order valence-electron chi connectivity index (χ0n) is 10.4. The van der Waals surface area contributed by atoms with Crippen molar-refractivity contribution < 1.29 is 8.42 Å². The van der Waals surface area contributed by atoms with Gasteiger partial charge in [-0.2, -0.15) is 0 Å². The molecule has 0 aliphatic carbocycles. The van der Waals surface area contributed by atoms with Gasteiger partial charge < -0.3 is 5.32 Å². The molecule has 0 amide bonds. The van der Waals surface area contributed by atoms with Crippen LogP contribution in [0.2, 0.25) is 0 Å². The van der Waals surface area contributed by atoms with Gasteiger partial charge in [-0.3, -0.25) is 0 Å². The van der Waals surface area contributed by atoms with Crippen LogP contribution < -0.4 is 10.1 Å². The van der Waals surface area contributed by atoms with E-state index >= 15 is 0 Å². The van der Waals surface area contributed by atoms with E-state index in [1.54, 1.807) is 30.4 Å². The molecular weight excluding hydrogens is 252 g/mol. The fourth-order valence-corrected chi connectivity index (χ4v) is 3.29. The summed E-state index contributed by atoms with van der Waals surface area (Å²) in [6.07, 6.45) is 4.77. The number of sulfonamides is 1. The van der Waals surface area contributed by atoms with Crippen LogP contribution >= 0.6 is 0 Å². The molecule has 2 heterocycles. The predicted octanol–water partition coefficient (Wildman–Crippen LogP) is 0.802. The zero-order chi connectivity index (χ0) is 13.0. The minimum absolute atomic E-state index is 0.179. The lowest BCUT2D eigenvalue weighted by Gasteiger charge is -2.26. The average Bonchev–Trinajstić information content (AvgIpc) is 2.39. The number of nitrogens with one attached hydrogen (secondary N) is 2. The number of hydrazine groups is 1. The van der Waals surface area contributed by atoms with Crippen LogP contribution in [0, 0.1) is 0 Å². The van der Waals surface area contributed by atoms with Crippen molar-refractivity contribution in [3.63, 3.8) is 0 Å². The third-order valence-corrected chi connectivity index (χ3v) is 4.31. The molecule has 0 unspecified atom stereocenters. The second-order valence-corrected chi connectivity index (χ2v) is 5.87. The molecule has 0 aromatic carbocycles. The van der Waals surface area contributed by atoms with E-state index in [2.05, 4.69) is 15.1 Å². The third kappa shape index (κ3) is 2.98. The van der Waals surface area contributed by atoms with E-state index in [0.29, 0.717) is 5.82 Å². The summed E-state index contributed by atoms with van der Waals surface area (Å²) in [4.78, 5) is 6.80. The summed E-state index contributed by atoms with van der Waals surface area (Å²) in [6, 6.07) is 3.16. The highest BCUT2D eigenvalue weighted by Crippen LogP contribution is 2.18. The molecule has 1 saturated heterocycles. The number of pyridine rings is 1. The molecule has 1 aromatic rings. The van der Waals surface area contributed by atoms with E-state index in [1.165, 1.54) is 0 Å². The Kier molecular flexibility index (Phi) is 4.15. The Morgan fingerprint density at radius 2 is 2.00 bits per heavy atom. The van der Waals surface area contributed by atoms with Crippen LogP contribution in [0.15, 0.2) is 23.2 Å². The van der Waals surface area contributed by atoms with E-state index in [-0.39, 0.29) is 4.90 Å². The molecule has 1 fully saturated rings. The highest BCUT2D eigenvalue weighted by atomic mass is 32.2. The Labute approximate surface area is 107 Å². The summed E-state index contributed by atoms with van der Waals surface area (Å²) in [7, 11) is -1.90. The van der Waals surface area contributed by atoms with Crippen molar-refractivity contribution >= 4 is 15.8 Å². The first-order valence-electron chi connectivity index (χ1n) is 6.03. The van der Waals surface area contributed by atoms with Gasteiger partial charge in [0, 0.05) is 26.3 Å². The summed E-state index contributed by atoms with van der Waals surface area (Å²) in [5.41, 5.74) is 0. The lowest BCUT2D eigenvalue weighted by molar-refractivity contribution is 0.200. The molecule has 2 N–H and O–H groups in total. The number of hydrogen-bond acceptors (Lipinski definition) is 5. The maximum Gasteiger partial charge on any atom is 0.257 e. The van der Waals surface area contributed by atoms with E-state index in [4.69, 9.17) is 0 Å². The molecule has 0 spiro atoms. The highest BCUT2D eigenvalue weighted by molar-refractivity contribution is 7.89. The van der Waals surface area contributed by atoms with Gasteiger partial charge in [0.25, 0.3) is 10.0 Å². The third-order valence-electron chi connectivity index (χ3n) is 2.90. The first kappa shape index (κ1) is 13.3. The summed E-state index contributed by atoms with van der Waals surface area (Å²) < 4.78 is 24.5. The monoisotopic (exact) mass is 270 g/mol. The van der Waals surface area contributed by atoms with Gasteiger partial charge in [-0.05, 0) is 25.0 Å². The molecule has 1 aromatic heterocycles. The van der Waals surface area contributed by atoms with Crippen molar-refractivity contribution in [1.82, 2.24) is 14.8 Å². The summed E-state index contributed by atoms with van der Waals surface area (Å²) in [5.74, 6) is 0.363. The van der Waals surface area contributed by atoms with Gasteiger partial charge in [0.2, 0.25) is 0 Å². The molecule has 18 heavy (non-hydrogen) atoms. The number of piperidine rings is 1. The summed E-state index contributed by atoms with van der Waals surface area (Å²) in [5, 5.41) is 4.55. The van der Waals surface area contributed by atoms with Crippen molar-refractivity contribution in [2.45, 2.75) is 24.2 Å². The lowest BCUT2D eigenvalue weighted by Crippen LogP contribution is -2.45. The molecule has 1 aliphatic rings. The van der Waals surface area contributed by atoms with Crippen LogP contribution in [0.5, 0.6) is 0 Å². The van der Waals surface area contributed by atoms with E-state index in [1.807, 2.05) is 0 Å². The van der Waals surface area contributed by atoms with Crippen LogP contribution in [0.25, 0.3) is 0 Å². The van der Waals surface area contributed by atoms with Gasteiger partial charge in [0.15, 0.2) is 0 Å². The van der Waals surface area contributed by atoms with E-state index < -0.39 is 10.0 Å². The SMILES string of the molecule is CNc1ncccc1S(=O)(=O)NN1CCCCC1. The maximum atomic E-state index is 12.2. The molecule has 7 heteroatoms. The Morgan fingerprint density at radius 1 is 1.28 bits per heavy atom. The number of rotatable bonds is 4. The smallest absolute Gasteiger partial charge is 0.257 e. The van der Waals surface area contributed by atoms with Gasteiger partial charge in [-0.15, -0.1) is 4.83 Å². The average molecular weight is 270 g/mol. The van der Waals surface area contributed by atoms with Crippen LogP contribution in [0.3, 0.4) is 0 Å². The fraction of sp³-hybridized carbons (Fsp3) is 0.545. The van der Waals surface area contributed by atoms with E-state index in [9.17, 15) is 8.42 Å². The Balaban J connectivity index is 2.19. The van der Waals surface area contributed by atoms with Crippen LogP contribution in [0.4, 0.5) is 5.82 Å². The number of aromatic nitrogens is 1. The zero-order valence-corrected chi connectivity index (χ0v) is 11.2. The topological polar surface area (TPSA) is 74.3 Å². The van der Waals surface area contributed by atoms with Crippen LogP contribution in [-0.4, -0.2) is 38.5 Å². The number of anilines is 1. The predicted molar refractivity (Wildman–Crippen MR) is 69.5 cm³/mol. The molecule has 6 nitrogen and oxygen atoms in total. The Bertz CT molecular complexity index is 498. The van der Waals surface area contributed by atoms with Crippen LogP contribution in [0.1, 0.15) is 19.3 Å². The molecule has 0 bridgehead atoms. The quantitative estimate of drug-likeness (QED) is 0.846. The molecule has 0 atom stereocenters. The summed E-state index contributed by atoms with van der Waals surface area (Å²) in [6.45, 7) is 1.52. The van der Waals surface area contributed by atoms with Crippen molar-refractivity contribution in [3.8, 4) is 0 Å². The molecule has 1 aliphatic heterocycles. The van der Waals surface area contributed by atoms with Crippen molar-refractivity contribution in [3.05, 3.63) is 18.3 Å². The first-order valence-corrected chi connectivity index (χ1v) is 7.52. The number of hydrogen-bond donors (Lipinski definition) is 2. The van der Waals surface area contributed by atoms with Crippen molar-refractivity contribution in [2.24, 2.45) is 0 Å². The normalized spacial score (nSPS) is 17.6. The standard InChI is InChI=1S/C11H18N4O2S/c1-12-11-10(6-5-7-13-11)18(16,17)14-15-8-3-2-4-9-15/h5-7,14H,2-4,8-9H2,1H3,(H,12,13). The van der Waals surface area contributed by atoms with Gasteiger partial charge >= 0.3 is 0 Å². The van der Waals surface area contributed by atoms with Crippen molar-refractivity contribution in [1.29, 1.82) is 0 Å². The molecule has 0 saturated carbocycles. The highest BCUT2D eigenvalue weighted by Gasteiger charge is 2.22. The largest absolute Gasteiger partial charge is 0.372 e. The lowest BCUT2D eigenvalue weighted by atomic mass is 10.2. The Hall–Kier alpha value is -1.18. The molecule has 100 valence electrons.